The lowest BCUT2D eigenvalue weighted by Gasteiger charge is -2.11. The molecule has 106 valence electrons. The van der Waals surface area contributed by atoms with Crippen LogP contribution in [0.1, 0.15) is 5.56 Å². The van der Waals surface area contributed by atoms with Gasteiger partial charge in [-0.3, -0.25) is 4.79 Å². The van der Waals surface area contributed by atoms with Gasteiger partial charge in [0.15, 0.2) is 0 Å². The van der Waals surface area contributed by atoms with Crippen molar-refractivity contribution in [3.05, 3.63) is 29.8 Å². The Morgan fingerprint density at radius 3 is 2.26 bits per heavy atom. The molecule has 1 rings (SSSR count). The molecule has 0 aliphatic rings. The fourth-order valence-electron chi connectivity index (χ4n) is 1.41. The van der Waals surface area contributed by atoms with Gasteiger partial charge >= 0.3 is 0 Å². The van der Waals surface area contributed by atoms with Crippen LogP contribution in [0.2, 0.25) is 0 Å². The Morgan fingerprint density at radius 2 is 1.79 bits per heavy atom. The third kappa shape index (κ3) is 4.30. The summed E-state index contributed by atoms with van der Waals surface area (Å²) in [7, 11) is 1.27. The van der Waals surface area contributed by atoms with Gasteiger partial charge in [0.05, 0.1) is 11.4 Å². The number of hydrogen-bond acceptors (Lipinski definition) is 4. The van der Waals surface area contributed by atoms with Gasteiger partial charge in [0.1, 0.15) is 0 Å². The van der Waals surface area contributed by atoms with Crippen LogP contribution in [0.3, 0.4) is 0 Å². The second-order valence-corrected chi connectivity index (χ2v) is 6.39. The predicted octanol–water partition coefficient (Wildman–Crippen LogP) is -0.227. The summed E-state index contributed by atoms with van der Waals surface area (Å²) in [5, 5.41) is 5.47. The van der Waals surface area contributed by atoms with Crippen LogP contribution in [-0.4, -0.2) is 46.3 Å². The number of nitrogens with zero attached hydrogens (tertiary/aromatic N) is 1. The molecule has 0 fully saturated rings. The highest BCUT2D eigenvalue weighted by atomic mass is 32.2. The van der Waals surface area contributed by atoms with Crippen molar-refractivity contribution in [3.8, 4) is 0 Å². The van der Waals surface area contributed by atoms with Crippen LogP contribution < -0.4 is 10.6 Å². The van der Waals surface area contributed by atoms with Gasteiger partial charge in [-0.1, -0.05) is 12.1 Å². The zero-order chi connectivity index (χ0) is 14.5. The van der Waals surface area contributed by atoms with E-state index in [1.165, 1.54) is 26.2 Å². The summed E-state index contributed by atoms with van der Waals surface area (Å²) in [4.78, 5) is 11.5. The maximum Gasteiger partial charge on any atom is 0.242 e. The van der Waals surface area contributed by atoms with Gasteiger partial charge in [-0.15, -0.1) is 0 Å². The number of rotatable bonds is 6. The fraction of sp³-hybridized carbons (Fsp3) is 0.417. The monoisotopic (exact) mass is 285 g/mol. The van der Waals surface area contributed by atoms with Crippen molar-refractivity contribution >= 4 is 15.9 Å². The molecule has 0 radical (unpaired) electrons. The molecule has 1 amide bonds. The highest BCUT2D eigenvalue weighted by molar-refractivity contribution is 7.89. The summed E-state index contributed by atoms with van der Waals surface area (Å²) >= 11 is 0. The number of nitrogens with one attached hydrogen (secondary N) is 2. The summed E-state index contributed by atoms with van der Waals surface area (Å²) in [5.74, 6) is -0.104. The van der Waals surface area contributed by atoms with E-state index in [-0.39, 0.29) is 17.3 Å². The molecule has 0 saturated heterocycles. The lowest BCUT2D eigenvalue weighted by molar-refractivity contribution is -0.120. The number of likely N-dealkylation sites (N-methyl/N-ethyl adjacent to an activating group) is 1. The Balaban J connectivity index is 2.70. The molecule has 0 atom stereocenters. The van der Waals surface area contributed by atoms with Crippen molar-refractivity contribution in [2.45, 2.75) is 11.4 Å². The molecule has 0 aliphatic carbocycles. The lowest BCUT2D eigenvalue weighted by atomic mass is 10.2. The van der Waals surface area contributed by atoms with Gasteiger partial charge < -0.3 is 10.6 Å². The smallest absolute Gasteiger partial charge is 0.242 e. The molecular weight excluding hydrogens is 266 g/mol. The minimum Gasteiger partial charge on any atom is -0.351 e. The standard InChI is InChI=1S/C12H19N3O3S/c1-13-9-12(16)14-8-10-4-6-11(7-5-10)19(17,18)15(2)3/h4-7,13H,8-9H2,1-3H3,(H,14,16). The van der Waals surface area contributed by atoms with E-state index in [1.54, 1.807) is 19.2 Å². The predicted molar refractivity (Wildman–Crippen MR) is 73.1 cm³/mol. The molecule has 0 bridgehead atoms. The van der Waals surface area contributed by atoms with Gasteiger partial charge in [-0.2, -0.15) is 0 Å². The van der Waals surface area contributed by atoms with Crippen LogP contribution in [0, 0.1) is 0 Å². The minimum atomic E-state index is -3.40. The average molecular weight is 285 g/mol. The summed E-state index contributed by atoms with van der Waals surface area (Å²) in [5.41, 5.74) is 0.849. The largest absolute Gasteiger partial charge is 0.351 e. The number of benzene rings is 1. The quantitative estimate of drug-likeness (QED) is 0.757. The van der Waals surface area contributed by atoms with E-state index < -0.39 is 10.0 Å². The molecule has 1 aromatic carbocycles. The summed E-state index contributed by atoms with van der Waals surface area (Å²) < 4.78 is 24.8. The topological polar surface area (TPSA) is 78.5 Å². The number of sulfonamides is 1. The Morgan fingerprint density at radius 1 is 1.21 bits per heavy atom. The van der Waals surface area contributed by atoms with Crippen molar-refractivity contribution < 1.29 is 13.2 Å². The number of hydrogen-bond donors (Lipinski definition) is 2. The van der Waals surface area contributed by atoms with Crippen molar-refractivity contribution in [1.82, 2.24) is 14.9 Å². The van der Waals surface area contributed by atoms with Gasteiger partial charge in [0, 0.05) is 20.6 Å². The van der Waals surface area contributed by atoms with Crippen LogP contribution in [0.15, 0.2) is 29.2 Å². The molecule has 1 aromatic rings. The van der Waals surface area contributed by atoms with E-state index >= 15 is 0 Å². The van der Waals surface area contributed by atoms with E-state index in [4.69, 9.17) is 0 Å². The maximum absolute atomic E-state index is 11.8. The molecule has 0 heterocycles. The summed E-state index contributed by atoms with van der Waals surface area (Å²) in [6.07, 6.45) is 0. The SMILES string of the molecule is CNCC(=O)NCc1ccc(S(=O)(=O)N(C)C)cc1. The number of carbonyl (C=O) groups excluding carboxylic acids is 1. The van der Waals surface area contributed by atoms with Crippen LogP contribution in [0.5, 0.6) is 0 Å². The average Bonchev–Trinajstić information content (AvgIpc) is 2.37. The maximum atomic E-state index is 11.8. The third-order valence-corrected chi connectivity index (χ3v) is 4.36. The van der Waals surface area contributed by atoms with E-state index in [1.807, 2.05) is 0 Å². The van der Waals surface area contributed by atoms with E-state index in [2.05, 4.69) is 10.6 Å². The van der Waals surface area contributed by atoms with Crippen molar-refractivity contribution in [2.75, 3.05) is 27.7 Å². The zero-order valence-electron chi connectivity index (χ0n) is 11.3. The summed E-state index contributed by atoms with van der Waals surface area (Å²) in [6, 6.07) is 6.45. The van der Waals surface area contributed by atoms with Crippen molar-refractivity contribution in [2.24, 2.45) is 0 Å². The Labute approximate surface area is 113 Å². The van der Waals surface area contributed by atoms with E-state index in [9.17, 15) is 13.2 Å². The first-order valence-corrected chi connectivity index (χ1v) is 7.24. The van der Waals surface area contributed by atoms with E-state index in [0.29, 0.717) is 6.54 Å². The van der Waals surface area contributed by atoms with Gasteiger partial charge in [-0.25, -0.2) is 12.7 Å². The molecule has 7 heteroatoms. The second kappa shape index (κ2) is 6.65. The highest BCUT2D eigenvalue weighted by Crippen LogP contribution is 2.13. The molecule has 6 nitrogen and oxygen atoms in total. The first-order valence-electron chi connectivity index (χ1n) is 5.80. The van der Waals surface area contributed by atoms with Crippen molar-refractivity contribution in [3.63, 3.8) is 0 Å². The van der Waals surface area contributed by atoms with Crippen LogP contribution >= 0.6 is 0 Å². The second-order valence-electron chi connectivity index (χ2n) is 4.24. The molecular formula is C12H19N3O3S. The van der Waals surface area contributed by atoms with Crippen LogP contribution in [-0.2, 0) is 21.4 Å². The molecule has 2 N–H and O–H groups in total. The van der Waals surface area contributed by atoms with Gasteiger partial charge in [0.25, 0.3) is 0 Å². The molecule has 0 unspecified atom stereocenters. The Kier molecular flexibility index (Phi) is 5.46. The molecule has 0 spiro atoms. The minimum absolute atomic E-state index is 0.104. The normalized spacial score (nSPS) is 11.6. The molecule has 0 saturated carbocycles. The van der Waals surface area contributed by atoms with E-state index in [0.717, 1.165) is 9.87 Å². The molecule has 0 aromatic heterocycles. The van der Waals surface area contributed by atoms with Crippen LogP contribution in [0.25, 0.3) is 0 Å². The highest BCUT2D eigenvalue weighted by Gasteiger charge is 2.16. The van der Waals surface area contributed by atoms with Crippen LogP contribution in [0.4, 0.5) is 0 Å². The van der Waals surface area contributed by atoms with Gasteiger partial charge in [0.2, 0.25) is 15.9 Å². The van der Waals surface area contributed by atoms with Crippen molar-refractivity contribution in [1.29, 1.82) is 0 Å². The zero-order valence-corrected chi connectivity index (χ0v) is 12.1. The Bertz CT molecular complexity index is 524. The first-order chi connectivity index (χ1) is 8.87. The first kappa shape index (κ1) is 15.6. The Hall–Kier alpha value is -1.44. The fourth-order valence-corrected chi connectivity index (χ4v) is 2.32. The summed E-state index contributed by atoms with van der Waals surface area (Å²) in [6.45, 7) is 0.635. The molecule has 0 aliphatic heterocycles. The molecule has 19 heavy (non-hydrogen) atoms. The lowest BCUT2D eigenvalue weighted by Crippen LogP contribution is -2.31. The number of carbonyl (C=O) groups is 1. The number of amides is 1. The van der Waals surface area contributed by atoms with Gasteiger partial charge in [-0.05, 0) is 24.7 Å². The third-order valence-electron chi connectivity index (χ3n) is 2.53.